The average Bonchev–Trinajstić information content (AvgIpc) is 2.57. The maximum Gasteiger partial charge on any atom is 0.246 e. The Bertz CT molecular complexity index is 773. The number of nitrogens with one attached hydrogen (secondary N) is 1. The van der Waals surface area contributed by atoms with Crippen molar-refractivity contribution >= 4 is 23.0 Å². The van der Waals surface area contributed by atoms with Gasteiger partial charge in [0.05, 0.1) is 12.2 Å². The topological polar surface area (TPSA) is 67.6 Å². The summed E-state index contributed by atoms with van der Waals surface area (Å²) in [5.41, 5.74) is 10.4. The Morgan fingerprint density at radius 2 is 2.04 bits per heavy atom. The number of carbonyl (C=O) groups is 1. The van der Waals surface area contributed by atoms with Crippen molar-refractivity contribution in [3.63, 3.8) is 0 Å². The quantitative estimate of drug-likeness (QED) is 0.851. The number of aryl methyl sites for hydroxylation is 2. The van der Waals surface area contributed by atoms with Gasteiger partial charge in [0.15, 0.2) is 0 Å². The normalized spacial score (nSPS) is 14.5. The molecular weight excluding hydrogens is 302 g/mol. The monoisotopic (exact) mass is 325 g/mol. The predicted octanol–water partition coefficient (Wildman–Crippen LogP) is 3.11. The van der Waals surface area contributed by atoms with Gasteiger partial charge in [-0.2, -0.15) is 0 Å². The fourth-order valence-electron chi connectivity index (χ4n) is 2.91. The Kier molecular flexibility index (Phi) is 4.34. The Labute approximate surface area is 142 Å². The third-order valence-electron chi connectivity index (χ3n) is 4.38. The van der Waals surface area contributed by atoms with Gasteiger partial charge < -0.3 is 20.7 Å². The molecule has 1 unspecified atom stereocenters. The Morgan fingerprint density at radius 3 is 2.83 bits per heavy atom. The molecule has 5 nitrogen and oxygen atoms in total. The molecule has 24 heavy (non-hydrogen) atoms. The molecule has 1 atom stereocenters. The van der Waals surface area contributed by atoms with Gasteiger partial charge in [-0.25, -0.2) is 0 Å². The van der Waals surface area contributed by atoms with E-state index in [-0.39, 0.29) is 11.9 Å². The summed E-state index contributed by atoms with van der Waals surface area (Å²) in [6, 6.07) is 11.2. The number of fused-ring (bicyclic) bond motifs is 1. The molecule has 0 fully saturated rings. The SMILES string of the molecule is Cc1ccc(C)c(NC(=O)C(C)N2CCOc3ccc(N)cc32)c1. The number of amides is 1. The fourth-order valence-corrected chi connectivity index (χ4v) is 2.91. The maximum absolute atomic E-state index is 12.7. The molecule has 1 heterocycles. The number of nitrogens with two attached hydrogens (primary N) is 1. The highest BCUT2D eigenvalue weighted by molar-refractivity contribution is 5.97. The van der Waals surface area contributed by atoms with E-state index in [2.05, 4.69) is 5.32 Å². The first kappa shape index (κ1) is 16.2. The number of anilines is 3. The summed E-state index contributed by atoms with van der Waals surface area (Å²) in [7, 11) is 0. The van der Waals surface area contributed by atoms with Crippen molar-refractivity contribution in [2.24, 2.45) is 0 Å². The first-order valence-corrected chi connectivity index (χ1v) is 8.13. The van der Waals surface area contributed by atoms with Gasteiger partial charge in [0.1, 0.15) is 18.4 Å². The number of nitrogens with zero attached hydrogens (tertiary/aromatic N) is 1. The number of ether oxygens (including phenoxy) is 1. The lowest BCUT2D eigenvalue weighted by atomic mass is 10.1. The zero-order chi connectivity index (χ0) is 17.3. The van der Waals surface area contributed by atoms with E-state index in [0.29, 0.717) is 18.8 Å². The summed E-state index contributed by atoms with van der Waals surface area (Å²) in [6.45, 7) is 7.11. The minimum Gasteiger partial charge on any atom is -0.490 e. The molecule has 0 aromatic heterocycles. The van der Waals surface area contributed by atoms with Crippen LogP contribution < -0.4 is 20.7 Å². The number of benzene rings is 2. The van der Waals surface area contributed by atoms with E-state index >= 15 is 0 Å². The minimum atomic E-state index is -0.325. The van der Waals surface area contributed by atoms with Crippen molar-refractivity contribution in [2.75, 3.05) is 29.1 Å². The van der Waals surface area contributed by atoms with Crippen LogP contribution in [0.15, 0.2) is 36.4 Å². The zero-order valence-electron chi connectivity index (χ0n) is 14.3. The first-order chi connectivity index (χ1) is 11.5. The van der Waals surface area contributed by atoms with E-state index in [1.807, 2.05) is 62.1 Å². The molecule has 1 amide bonds. The molecule has 2 aromatic carbocycles. The van der Waals surface area contributed by atoms with Crippen molar-refractivity contribution in [3.05, 3.63) is 47.5 Å². The van der Waals surface area contributed by atoms with Crippen LogP contribution in [0, 0.1) is 13.8 Å². The largest absolute Gasteiger partial charge is 0.490 e. The molecule has 0 bridgehead atoms. The van der Waals surface area contributed by atoms with Gasteiger partial charge in [-0.05, 0) is 56.2 Å². The van der Waals surface area contributed by atoms with Crippen LogP contribution in [-0.4, -0.2) is 25.1 Å². The molecule has 1 aliphatic heterocycles. The van der Waals surface area contributed by atoms with E-state index in [0.717, 1.165) is 28.3 Å². The lowest BCUT2D eigenvalue weighted by molar-refractivity contribution is -0.117. The van der Waals surface area contributed by atoms with Gasteiger partial charge in [0.2, 0.25) is 5.91 Å². The van der Waals surface area contributed by atoms with Crippen LogP contribution in [0.2, 0.25) is 0 Å². The predicted molar refractivity (Wildman–Crippen MR) is 97.7 cm³/mol. The van der Waals surface area contributed by atoms with Crippen molar-refractivity contribution in [3.8, 4) is 5.75 Å². The summed E-state index contributed by atoms with van der Waals surface area (Å²) in [4.78, 5) is 14.8. The van der Waals surface area contributed by atoms with Crippen molar-refractivity contribution in [2.45, 2.75) is 26.8 Å². The lowest BCUT2D eigenvalue weighted by Crippen LogP contribution is -2.46. The lowest BCUT2D eigenvalue weighted by Gasteiger charge is -2.35. The second kappa shape index (κ2) is 6.43. The highest BCUT2D eigenvalue weighted by Gasteiger charge is 2.27. The van der Waals surface area contributed by atoms with Gasteiger partial charge in [-0.1, -0.05) is 12.1 Å². The Hall–Kier alpha value is -2.69. The molecule has 0 saturated carbocycles. The van der Waals surface area contributed by atoms with Gasteiger partial charge in [-0.3, -0.25) is 4.79 Å². The van der Waals surface area contributed by atoms with Crippen molar-refractivity contribution in [1.29, 1.82) is 0 Å². The molecule has 3 N–H and O–H groups in total. The molecule has 1 aliphatic rings. The van der Waals surface area contributed by atoms with Crippen LogP contribution in [0.25, 0.3) is 0 Å². The molecule has 2 aromatic rings. The molecule has 0 saturated heterocycles. The molecular formula is C19H23N3O2. The van der Waals surface area contributed by atoms with Crippen molar-refractivity contribution < 1.29 is 9.53 Å². The molecule has 3 rings (SSSR count). The van der Waals surface area contributed by atoms with Crippen LogP contribution in [0.5, 0.6) is 5.75 Å². The zero-order valence-corrected chi connectivity index (χ0v) is 14.3. The second-order valence-corrected chi connectivity index (χ2v) is 6.25. The first-order valence-electron chi connectivity index (χ1n) is 8.13. The van der Waals surface area contributed by atoms with Crippen molar-refractivity contribution in [1.82, 2.24) is 0 Å². The minimum absolute atomic E-state index is 0.0426. The van der Waals surface area contributed by atoms with Gasteiger partial charge >= 0.3 is 0 Å². The van der Waals surface area contributed by atoms with Crippen LogP contribution in [-0.2, 0) is 4.79 Å². The molecule has 0 spiro atoms. The van der Waals surface area contributed by atoms with E-state index in [1.54, 1.807) is 0 Å². The highest BCUT2D eigenvalue weighted by Crippen LogP contribution is 2.34. The van der Waals surface area contributed by atoms with Gasteiger partial charge in [0, 0.05) is 11.4 Å². The van der Waals surface area contributed by atoms with Gasteiger partial charge in [0.25, 0.3) is 0 Å². The van der Waals surface area contributed by atoms with Crippen LogP contribution in [0.3, 0.4) is 0 Å². The number of nitrogen functional groups attached to an aromatic ring is 1. The highest BCUT2D eigenvalue weighted by atomic mass is 16.5. The summed E-state index contributed by atoms with van der Waals surface area (Å²) in [5.74, 6) is 0.723. The smallest absolute Gasteiger partial charge is 0.246 e. The number of rotatable bonds is 3. The third-order valence-corrected chi connectivity index (χ3v) is 4.38. The second-order valence-electron chi connectivity index (χ2n) is 6.25. The van der Waals surface area contributed by atoms with Gasteiger partial charge in [-0.15, -0.1) is 0 Å². The molecule has 0 radical (unpaired) electrons. The van der Waals surface area contributed by atoms with E-state index < -0.39 is 0 Å². The van der Waals surface area contributed by atoms with Crippen LogP contribution >= 0.6 is 0 Å². The fraction of sp³-hybridized carbons (Fsp3) is 0.316. The maximum atomic E-state index is 12.7. The summed E-state index contributed by atoms with van der Waals surface area (Å²) in [6.07, 6.45) is 0. The molecule has 5 heteroatoms. The number of hydrogen-bond donors (Lipinski definition) is 2. The summed E-state index contributed by atoms with van der Waals surface area (Å²) in [5, 5.41) is 3.04. The van der Waals surface area contributed by atoms with Crippen LogP contribution in [0.4, 0.5) is 17.1 Å². The third kappa shape index (κ3) is 3.15. The number of carbonyl (C=O) groups excluding carboxylic acids is 1. The van der Waals surface area contributed by atoms with E-state index in [4.69, 9.17) is 10.5 Å². The van der Waals surface area contributed by atoms with Crippen LogP contribution in [0.1, 0.15) is 18.1 Å². The molecule has 0 aliphatic carbocycles. The standard InChI is InChI=1S/C19H23N3O2/c1-12-4-5-13(2)16(10-12)21-19(23)14(3)22-8-9-24-18-7-6-15(20)11-17(18)22/h4-7,10-11,14H,8-9,20H2,1-3H3,(H,21,23). The molecule has 126 valence electrons. The number of hydrogen-bond acceptors (Lipinski definition) is 4. The Morgan fingerprint density at radius 1 is 1.25 bits per heavy atom. The van der Waals surface area contributed by atoms with E-state index in [1.165, 1.54) is 0 Å². The summed E-state index contributed by atoms with van der Waals surface area (Å²) < 4.78 is 5.66. The average molecular weight is 325 g/mol. The Balaban J connectivity index is 1.82. The summed E-state index contributed by atoms with van der Waals surface area (Å²) >= 11 is 0. The van der Waals surface area contributed by atoms with E-state index in [9.17, 15) is 4.79 Å².